The number of thioether (sulfide) groups is 1. The number of fused-ring (bicyclic) bond motifs is 1. The van der Waals surface area contributed by atoms with Gasteiger partial charge in [-0.25, -0.2) is 4.98 Å². The third-order valence-corrected chi connectivity index (χ3v) is 3.25. The Labute approximate surface area is 110 Å². The molecule has 0 spiro atoms. The number of carbonyl (C=O) groups is 1. The molecule has 0 aliphatic heterocycles. The number of para-hydroxylation sites is 2. The van der Waals surface area contributed by atoms with Gasteiger partial charge in [-0.1, -0.05) is 30.8 Å². The van der Waals surface area contributed by atoms with E-state index in [2.05, 4.69) is 4.98 Å². The van der Waals surface area contributed by atoms with Crippen LogP contribution in [0.25, 0.3) is 11.1 Å². The smallest absolute Gasteiger partial charge is 0.319 e. The minimum absolute atomic E-state index is 0.232. The first kappa shape index (κ1) is 13.0. The van der Waals surface area contributed by atoms with Crippen LogP contribution in [0.3, 0.4) is 0 Å². The molecule has 96 valence electrons. The SMILES string of the molecule is CCCOC(=O)C(C)Sc1nc2ccccc2o1. The molecule has 0 bridgehead atoms. The molecule has 4 nitrogen and oxygen atoms in total. The molecule has 1 unspecified atom stereocenters. The van der Waals surface area contributed by atoms with E-state index >= 15 is 0 Å². The second-order valence-electron chi connectivity index (χ2n) is 3.88. The lowest BCUT2D eigenvalue weighted by Crippen LogP contribution is -2.17. The standard InChI is InChI=1S/C13H15NO3S/c1-3-8-16-12(15)9(2)18-13-14-10-6-4-5-7-11(10)17-13/h4-7,9H,3,8H2,1-2H3. The van der Waals surface area contributed by atoms with Gasteiger partial charge in [0.2, 0.25) is 0 Å². The lowest BCUT2D eigenvalue weighted by molar-refractivity contribution is -0.142. The first-order valence-corrected chi connectivity index (χ1v) is 6.77. The Morgan fingerprint density at radius 2 is 2.28 bits per heavy atom. The van der Waals surface area contributed by atoms with Gasteiger partial charge in [-0.2, -0.15) is 0 Å². The Bertz CT molecular complexity index is 505. The molecule has 0 saturated carbocycles. The zero-order valence-electron chi connectivity index (χ0n) is 10.4. The lowest BCUT2D eigenvalue weighted by atomic mass is 10.3. The normalized spacial score (nSPS) is 12.6. The maximum absolute atomic E-state index is 11.6. The van der Waals surface area contributed by atoms with E-state index in [-0.39, 0.29) is 11.2 Å². The highest BCUT2D eigenvalue weighted by Crippen LogP contribution is 2.26. The second-order valence-corrected chi connectivity index (χ2v) is 5.17. The molecule has 1 atom stereocenters. The fourth-order valence-corrected chi connectivity index (χ4v) is 2.18. The van der Waals surface area contributed by atoms with Crippen LogP contribution in [0.4, 0.5) is 0 Å². The third-order valence-electron chi connectivity index (χ3n) is 2.33. The molecule has 18 heavy (non-hydrogen) atoms. The maximum atomic E-state index is 11.6. The molecule has 5 heteroatoms. The highest BCUT2D eigenvalue weighted by atomic mass is 32.2. The average molecular weight is 265 g/mol. The summed E-state index contributed by atoms with van der Waals surface area (Å²) < 4.78 is 10.6. The van der Waals surface area contributed by atoms with Gasteiger partial charge in [-0.15, -0.1) is 0 Å². The highest BCUT2D eigenvalue weighted by molar-refractivity contribution is 8.00. The molecule has 0 aliphatic rings. The number of esters is 1. The van der Waals surface area contributed by atoms with Crippen molar-refractivity contribution in [3.8, 4) is 0 Å². The summed E-state index contributed by atoms with van der Waals surface area (Å²) in [5, 5.41) is 0.182. The summed E-state index contributed by atoms with van der Waals surface area (Å²) in [7, 11) is 0. The molecule has 1 aromatic heterocycles. The minimum Gasteiger partial charge on any atom is -0.465 e. The van der Waals surface area contributed by atoms with Crippen LogP contribution in [-0.2, 0) is 9.53 Å². The summed E-state index contributed by atoms with van der Waals surface area (Å²) in [6, 6.07) is 7.52. The number of aromatic nitrogens is 1. The topological polar surface area (TPSA) is 52.3 Å². The average Bonchev–Trinajstić information content (AvgIpc) is 2.77. The van der Waals surface area contributed by atoms with Crippen molar-refractivity contribution in [2.45, 2.75) is 30.7 Å². The highest BCUT2D eigenvalue weighted by Gasteiger charge is 2.18. The third kappa shape index (κ3) is 3.04. The minimum atomic E-state index is -0.315. The molecule has 1 heterocycles. The molecule has 1 aromatic carbocycles. The molecule has 0 aliphatic carbocycles. The predicted molar refractivity (Wildman–Crippen MR) is 70.6 cm³/mol. The van der Waals surface area contributed by atoms with Crippen molar-refractivity contribution >= 4 is 28.8 Å². The fourth-order valence-electron chi connectivity index (χ4n) is 1.42. The van der Waals surface area contributed by atoms with E-state index < -0.39 is 0 Å². The van der Waals surface area contributed by atoms with E-state index in [1.54, 1.807) is 6.92 Å². The van der Waals surface area contributed by atoms with Crippen LogP contribution in [0.5, 0.6) is 0 Å². The number of benzene rings is 1. The predicted octanol–water partition coefficient (Wildman–Crippen LogP) is 3.26. The fraction of sp³-hybridized carbons (Fsp3) is 0.385. The summed E-state index contributed by atoms with van der Waals surface area (Å²) in [5.74, 6) is -0.232. The van der Waals surface area contributed by atoms with Crippen molar-refractivity contribution < 1.29 is 13.9 Å². The van der Waals surface area contributed by atoms with Gasteiger partial charge in [0, 0.05) is 0 Å². The molecule has 0 saturated heterocycles. The molecule has 2 rings (SSSR count). The monoisotopic (exact) mass is 265 g/mol. The van der Waals surface area contributed by atoms with Crippen LogP contribution < -0.4 is 0 Å². The summed E-state index contributed by atoms with van der Waals surface area (Å²) >= 11 is 1.28. The number of oxazole rings is 1. The summed E-state index contributed by atoms with van der Waals surface area (Å²) in [4.78, 5) is 15.9. The van der Waals surface area contributed by atoms with Crippen LogP contribution in [-0.4, -0.2) is 22.8 Å². The first-order valence-electron chi connectivity index (χ1n) is 5.89. The lowest BCUT2D eigenvalue weighted by Gasteiger charge is -2.07. The van der Waals surface area contributed by atoms with Gasteiger partial charge < -0.3 is 9.15 Å². The summed E-state index contributed by atoms with van der Waals surface area (Å²) in [6.45, 7) is 4.21. The Morgan fingerprint density at radius 3 is 3.00 bits per heavy atom. The maximum Gasteiger partial charge on any atom is 0.319 e. The first-order chi connectivity index (χ1) is 8.70. The van der Waals surface area contributed by atoms with E-state index in [0.29, 0.717) is 11.8 Å². The Hall–Kier alpha value is -1.49. The second kappa shape index (κ2) is 5.91. The molecule has 2 aromatic rings. The van der Waals surface area contributed by atoms with Gasteiger partial charge in [-0.05, 0) is 25.5 Å². The van der Waals surface area contributed by atoms with E-state index in [1.165, 1.54) is 11.8 Å². The molecule has 0 fully saturated rings. The molecular weight excluding hydrogens is 250 g/mol. The number of carbonyl (C=O) groups excluding carboxylic acids is 1. The van der Waals surface area contributed by atoms with Crippen molar-refractivity contribution in [2.75, 3.05) is 6.61 Å². The van der Waals surface area contributed by atoms with E-state index in [4.69, 9.17) is 9.15 Å². The number of hydrogen-bond donors (Lipinski definition) is 0. The number of ether oxygens (including phenoxy) is 1. The van der Waals surface area contributed by atoms with Crippen molar-refractivity contribution in [1.29, 1.82) is 0 Å². The zero-order valence-corrected chi connectivity index (χ0v) is 11.2. The Balaban J connectivity index is 2.02. The van der Waals surface area contributed by atoms with Crippen LogP contribution in [0.15, 0.2) is 33.9 Å². The molecule has 0 radical (unpaired) electrons. The van der Waals surface area contributed by atoms with Gasteiger partial charge in [0.05, 0.1) is 6.61 Å². The largest absolute Gasteiger partial charge is 0.465 e. The molecular formula is C13H15NO3S. The van der Waals surface area contributed by atoms with Crippen LogP contribution in [0.2, 0.25) is 0 Å². The van der Waals surface area contributed by atoms with Gasteiger partial charge in [0.1, 0.15) is 10.8 Å². The number of hydrogen-bond acceptors (Lipinski definition) is 5. The van der Waals surface area contributed by atoms with E-state index in [0.717, 1.165) is 17.5 Å². The number of nitrogens with zero attached hydrogens (tertiary/aromatic N) is 1. The Morgan fingerprint density at radius 1 is 1.50 bits per heavy atom. The number of rotatable bonds is 5. The molecule has 0 amide bonds. The van der Waals surface area contributed by atoms with Crippen LogP contribution in [0.1, 0.15) is 20.3 Å². The van der Waals surface area contributed by atoms with Gasteiger partial charge >= 0.3 is 5.97 Å². The van der Waals surface area contributed by atoms with Gasteiger partial charge in [0.25, 0.3) is 5.22 Å². The Kier molecular flexibility index (Phi) is 4.25. The van der Waals surface area contributed by atoms with Crippen molar-refractivity contribution in [3.63, 3.8) is 0 Å². The zero-order chi connectivity index (χ0) is 13.0. The molecule has 0 N–H and O–H groups in total. The van der Waals surface area contributed by atoms with Crippen LogP contribution in [0, 0.1) is 0 Å². The quantitative estimate of drug-likeness (QED) is 0.613. The van der Waals surface area contributed by atoms with Crippen LogP contribution >= 0.6 is 11.8 Å². The van der Waals surface area contributed by atoms with Crippen molar-refractivity contribution in [1.82, 2.24) is 4.98 Å². The van der Waals surface area contributed by atoms with E-state index in [9.17, 15) is 4.79 Å². The summed E-state index contributed by atoms with van der Waals surface area (Å²) in [6.07, 6.45) is 0.825. The summed E-state index contributed by atoms with van der Waals surface area (Å²) in [5.41, 5.74) is 1.53. The van der Waals surface area contributed by atoms with E-state index in [1.807, 2.05) is 31.2 Å². The van der Waals surface area contributed by atoms with Gasteiger partial charge in [0.15, 0.2) is 5.58 Å². The van der Waals surface area contributed by atoms with Crippen molar-refractivity contribution in [3.05, 3.63) is 24.3 Å². The van der Waals surface area contributed by atoms with Crippen molar-refractivity contribution in [2.24, 2.45) is 0 Å². The van der Waals surface area contributed by atoms with Gasteiger partial charge in [-0.3, -0.25) is 4.79 Å².